The van der Waals surface area contributed by atoms with Crippen LogP contribution in [0.2, 0.25) is 0 Å². The van der Waals surface area contributed by atoms with Gasteiger partial charge in [0, 0.05) is 32.2 Å². The van der Waals surface area contributed by atoms with Crippen LogP contribution >= 0.6 is 15.9 Å². The van der Waals surface area contributed by atoms with Crippen LogP contribution in [0.5, 0.6) is 0 Å². The molecule has 0 aromatic carbocycles. The molecule has 2 heterocycles. The first-order chi connectivity index (χ1) is 8.22. The Morgan fingerprint density at radius 3 is 3.12 bits per heavy atom. The topological polar surface area (TPSA) is 41.5 Å². The van der Waals surface area contributed by atoms with Gasteiger partial charge in [-0.3, -0.25) is 0 Å². The van der Waals surface area contributed by atoms with Gasteiger partial charge in [-0.2, -0.15) is 4.98 Å². The first-order valence-corrected chi connectivity index (χ1v) is 6.75. The molecule has 1 aliphatic heterocycles. The van der Waals surface area contributed by atoms with Gasteiger partial charge >= 0.3 is 0 Å². The van der Waals surface area contributed by atoms with Gasteiger partial charge in [-0.15, -0.1) is 0 Å². The molecular weight excluding hydrogens is 284 g/mol. The highest BCUT2D eigenvalue weighted by atomic mass is 79.9. The lowest BCUT2D eigenvalue weighted by atomic mass is 10.2. The lowest BCUT2D eigenvalue weighted by molar-refractivity contribution is 0.1000. The largest absolute Gasteiger partial charge is 0.377 e. The fraction of sp³-hybridized carbons (Fsp3) is 0.636. The van der Waals surface area contributed by atoms with E-state index in [1.54, 1.807) is 6.20 Å². The molecule has 2 rings (SSSR count). The SMILES string of the molecule is CN(C)c1nccc(N2CCOCC2CBr)n1. The summed E-state index contributed by atoms with van der Waals surface area (Å²) in [5.74, 6) is 1.71. The van der Waals surface area contributed by atoms with Crippen molar-refractivity contribution in [3.05, 3.63) is 12.3 Å². The number of hydrogen-bond acceptors (Lipinski definition) is 5. The molecule has 0 N–H and O–H groups in total. The lowest BCUT2D eigenvalue weighted by Crippen LogP contribution is -2.47. The highest BCUT2D eigenvalue weighted by Gasteiger charge is 2.23. The molecule has 1 atom stereocenters. The highest BCUT2D eigenvalue weighted by molar-refractivity contribution is 9.09. The van der Waals surface area contributed by atoms with Crippen molar-refractivity contribution in [1.82, 2.24) is 9.97 Å². The maximum Gasteiger partial charge on any atom is 0.226 e. The Labute approximate surface area is 110 Å². The Morgan fingerprint density at radius 1 is 1.59 bits per heavy atom. The summed E-state index contributed by atoms with van der Waals surface area (Å²) in [6.07, 6.45) is 1.80. The van der Waals surface area contributed by atoms with E-state index in [1.165, 1.54) is 0 Å². The van der Waals surface area contributed by atoms with E-state index >= 15 is 0 Å². The second-order valence-corrected chi connectivity index (χ2v) is 4.83. The molecule has 1 saturated heterocycles. The van der Waals surface area contributed by atoms with Crippen molar-refractivity contribution in [3.8, 4) is 0 Å². The number of morpholine rings is 1. The summed E-state index contributed by atoms with van der Waals surface area (Å²) in [5.41, 5.74) is 0. The Balaban J connectivity index is 2.22. The number of nitrogens with zero attached hydrogens (tertiary/aromatic N) is 4. The van der Waals surface area contributed by atoms with Crippen LogP contribution in [-0.2, 0) is 4.74 Å². The van der Waals surface area contributed by atoms with E-state index in [-0.39, 0.29) is 0 Å². The maximum absolute atomic E-state index is 5.48. The average Bonchev–Trinajstić information content (AvgIpc) is 2.39. The van der Waals surface area contributed by atoms with Crippen LogP contribution in [0.25, 0.3) is 0 Å². The summed E-state index contributed by atoms with van der Waals surface area (Å²) in [7, 11) is 3.89. The zero-order valence-corrected chi connectivity index (χ0v) is 11.7. The number of rotatable bonds is 3. The van der Waals surface area contributed by atoms with E-state index in [2.05, 4.69) is 30.8 Å². The zero-order valence-electron chi connectivity index (χ0n) is 10.1. The molecule has 0 bridgehead atoms. The van der Waals surface area contributed by atoms with Crippen molar-refractivity contribution >= 4 is 27.7 Å². The van der Waals surface area contributed by atoms with Gasteiger partial charge < -0.3 is 14.5 Å². The first kappa shape index (κ1) is 12.6. The van der Waals surface area contributed by atoms with Crippen LogP contribution in [0, 0.1) is 0 Å². The van der Waals surface area contributed by atoms with Crippen molar-refractivity contribution in [3.63, 3.8) is 0 Å². The van der Waals surface area contributed by atoms with Crippen molar-refractivity contribution in [2.45, 2.75) is 6.04 Å². The number of alkyl halides is 1. The van der Waals surface area contributed by atoms with Crippen LogP contribution < -0.4 is 9.80 Å². The zero-order chi connectivity index (χ0) is 12.3. The number of ether oxygens (including phenoxy) is 1. The molecule has 0 aliphatic carbocycles. The van der Waals surface area contributed by atoms with Gasteiger partial charge in [-0.05, 0) is 6.07 Å². The van der Waals surface area contributed by atoms with Crippen molar-refractivity contribution in [1.29, 1.82) is 0 Å². The monoisotopic (exact) mass is 300 g/mol. The molecule has 0 saturated carbocycles. The third-order valence-corrected chi connectivity index (χ3v) is 3.48. The first-order valence-electron chi connectivity index (χ1n) is 5.63. The van der Waals surface area contributed by atoms with E-state index in [9.17, 15) is 0 Å². The molecule has 0 radical (unpaired) electrons. The van der Waals surface area contributed by atoms with E-state index < -0.39 is 0 Å². The molecule has 5 nitrogen and oxygen atoms in total. The molecule has 94 valence electrons. The van der Waals surface area contributed by atoms with Gasteiger partial charge in [0.25, 0.3) is 0 Å². The van der Waals surface area contributed by atoms with Crippen molar-refractivity contribution in [2.24, 2.45) is 0 Å². The standard InChI is InChI=1S/C11H17BrN4O/c1-15(2)11-13-4-3-10(14-11)16-5-6-17-8-9(16)7-12/h3-4,9H,5-8H2,1-2H3. The maximum atomic E-state index is 5.48. The van der Waals surface area contributed by atoms with E-state index in [0.29, 0.717) is 6.04 Å². The fourth-order valence-corrected chi connectivity index (χ4v) is 2.34. The quantitative estimate of drug-likeness (QED) is 0.783. The van der Waals surface area contributed by atoms with Gasteiger partial charge in [0.15, 0.2) is 0 Å². The summed E-state index contributed by atoms with van der Waals surface area (Å²) < 4.78 is 5.48. The van der Waals surface area contributed by atoms with Crippen LogP contribution in [0.1, 0.15) is 0 Å². The number of aromatic nitrogens is 2. The summed E-state index contributed by atoms with van der Waals surface area (Å²) in [6, 6.07) is 2.29. The smallest absolute Gasteiger partial charge is 0.226 e. The van der Waals surface area contributed by atoms with E-state index in [0.717, 1.165) is 36.9 Å². The molecule has 6 heteroatoms. The van der Waals surface area contributed by atoms with Crippen molar-refractivity contribution in [2.75, 3.05) is 49.0 Å². The Bertz CT molecular complexity index is 374. The Morgan fingerprint density at radius 2 is 2.41 bits per heavy atom. The normalized spacial score (nSPS) is 20.4. The predicted octanol–water partition coefficient (Wildman–Crippen LogP) is 1.14. The number of halogens is 1. The summed E-state index contributed by atoms with van der Waals surface area (Å²) in [4.78, 5) is 13.0. The molecule has 1 aromatic heterocycles. The van der Waals surface area contributed by atoms with Gasteiger partial charge in [0.2, 0.25) is 5.95 Å². The Kier molecular flexibility index (Phi) is 4.17. The minimum Gasteiger partial charge on any atom is -0.377 e. The Hall–Kier alpha value is -0.880. The minimum absolute atomic E-state index is 0.341. The minimum atomic E-state index is 0.341. The summed E-state index contributed by atoms with van der Waals surface area (Å²) in [6.45, 7) is 2.37. The molecule has 1 aromatic rings. The molecule has 17 heavy (non-hydrogen) atoms. The van der Waals surface area contributed by atoms with Gasteiger partial charge in [0.05, 0.1) is 19.3 Å². The van der Waals surface area contributed by atoms with Gasteiger partial charge in [-0.1, -0.05) is 15.9 Å². The van der Waals surface area contributed by atoms with Crippen LogP contribution in [0.15, 0.2) is 12.3 Å². The molecule has 0 spiro atoms. The van der Waals surface area contributed by atoms with Gasteiger partial charge in [0.1, 0.15) is 5.82 Å². The van der Waals surface area contributed by atoms with Crippen LogP contribution in [0.3, 0.4) is 0 Å². The molecule has 1 aliphatic rings. The molecule has 1 fully saturated rings. The fourth-order valence-electron chi connectivity index (χ4n) is 1.80. The number of hydrogen-bond donors (Lipinski definition) is 0. The van der Waals surface area contributed by atoms with Crippen LogP contribution in [-0.4, -0.2) is 55.2 Å². The molecular formula is C11H17BrN4O. The van der Waals surface area contributed by atoms with Crippen LogP contribution in [0.4, 0.5) is 11.8 Å². The summed E-state index contributed by atoms with van der Waals surface area (Å²) >= 11 is 3.52. The second-order valence-electron chi connectivity index (χ2n) is 4.19. The number of anilines is 2. The highest BCUT2D eigenvalue weighted by Crippen LogP contribution is 2.19. The molecule has 0 amide bonds. The summed E-state index contributed by atoms with van der Waals surface area (Å²) in [5, 5.41) is 0.883. The van der Waals surface area contributed by atoms with Gasteiger partial charge in [-0.25, -0.2) is 4.98 Å². The average molecular weight is 301 g/mol. The predicted molar refractivity (Wildman–Crippen MR) is 72.1 cm³/mol. The van der Waals surface area contributed by atoms with E-state index in [1.807, 2.05) is 25.1 Å². The third kappa shape index (κ3) is 2.87. The molecule has 1 unspecified atom stereocenters. The second kappa shape index (κ2) is 5.64. The third-order valence-electron chi connectivity index (χ3n) is 2.73. The lowest BCUT2D eigenvalue weighted by Gasteiger charge is -2.35. The van der Waals surface area contributed by atoms with Crippen molar-refractivity contribution < 1.29 is 4.74 Å². The van der Waals surface area contributed by atoms with E-state index in [4.69, 9.17) is 4.74 Å².